The number of hydrogen-bond donors (Lipinski definition) is 6. The molecule has 1 aliphatic rings. The summed E-state index contributed by atoms with van der Waals surface area (Å²) in [6, 6.07) is -0.806. The number of allylic oxidation sites excluding steroid dienone is 1. The highest BCUT2D eigenvalue weighted by atomic mass is 16.7. The third kappa shape index (κ3) is 43.9. The lowest BCUT2D eigenvalue weighted by Gasteiger charge is -2.40. The molecule has 444 valence electrons. The van der Waals surface area contributed by atoms with Crippen LogP contribution in [0.25, 0.3) is 0 Å². The Labute approximate surface area is 461 Å². The Bertz CT molecular complexity index is 1250. The lowest BCUT2D eigenvalue weighted by molar-refractivity contribution is -0.302. The first-order valence-electron chi connectivity index (χ1n) is 32.5. The molecule has 0 saturated carbocycles. The minimum absolute atomic E-state index is 0.00710. The molecular weight excluding hydrogens is 943 g/mol. The molecule has 1 rings (SSSR count). The third-order valence-electron chi connectivity index (χ3n) is 15.7. The Morgan fingerprint density at radius 1 is 0.480 bits per heavy atom. The van der Waals surface area contributed by atoms with Crippen LogP contribution >= 0.6 is 0 Å². The number of aliphatic hydroxyl groups excluding tert-OH is 5. The van der Waals surface area contributed by atoms with Crippen LogP contribution in [0.15, 0.2) is 12.2 Å². The van der Waals surface area contributed by atoms with Crippen LogP contribution in [-0.4, -0.2) is 100 Å². The normalized spacial score (nSPS) is 18.7. The summed E-state index contributed by atoms with van der Waals surface area (Å²) in [6.07, 6.45) is 54.8. The number of ether oxygens (including phenoxy) is 3. The molecule has 0 aliphatic carbocycles. The van der Waals surface area contributed by atoms with E-state index in [2.05, 4.69) is 19.2 Å². The van der Waals surface area contributed by atoms with Crippen LogP contribution < -0.4 is 5.32 Å². The van der Waals surface area contributed by atoms with E-state index in [1.807, 2.05) is 6.08 Å². The number of unbranched alkanes of at least 4 members (excludes halogenated alkanes) is 43. The average molecular weight is 1070 g/mol. The molecule has 7 atom stereocenters. The molecule has 11 nitrogen and oxygen atoms in total. The van der Waals surface area contributed by atoms with E-state index in [4.69, 9.17) is 14.2 Å². The second-order valence-corrected chi connectivity index (χ2v) is 22.8. The summed E-state index contributed by atoms with van der Waals surface area (Å²) < 4.78 is 16.7. The molecule has 7 unspecified atom stereocenters. The quantitative estimate of drug-likeness (QED) is 0.0195. The van der Waals surface area contributed by atoms with Crippen LogP contribution in [0.3, 0.4) is 0 Å². The van der Waals surface area contributed by atoms with E-state index < -0.39 is 49.5 Å². The highest BCUT2D eigenvalue weighted by Crippen LogP contribution is 2.23. The predicted octanol–water partition coefficient (Wildman–Crippen LogP) is 15.5. The van der Waals surface area contributed by atoms with Gasteiger partial charge >= 0.3 is 5.97 Å². The van der Waals surface area contributed by atoms with Gasteiger partial charge in [0.2, 0.25) is 5.91 Å². The monoisotopic (exact) mass is 1070 g/mol. The van der Waals surface area contributed by atoms with Crippen molar-refractivity contribution in [2.45, 2.75) is 365 Å². The van der Waals surface area contributed by atoms with Crippen molar-refractivity contribution in [1.82, 2.24) is 5.32 Å². The maximum atomic E-state index is 13.0. The van der Waals surface area contributed by atoms with E-state index >= 15 is 0 Å². The molecule has 0 aromatic carbocycles. The largest absolute Gasteiger partial charge is 0.466 e. The molecule has 1 amide bonds. The molecule has 1 heterocycles. The van der Waals surface area contributed by atoms with Crippen LogP contribution in [-0.2, 0) is 23.8 Å². The first-order chi connectivity index (χ1) is 36.7. The van der Waals surface area contributed by atoms with E-state index in [0.717, 1.165) is 57.8 Å². The molecule has 1 aliphatic heterocycles. The van der Waals surface area contributed by atoms with Gasteiger partial charge in [0.25, 0.3) is 0 Å². The Kier molecular flexibility index (Phi) is 51.8. The number of rotatable bonds is 57. The van der Waals surface area contributed by atoms with Crippen molar-refractivity contribution in [3.8, 4) is 0 Å². The first kappa shape index (κ1) is 71.4. The number of hydrogen-bond acceptors (Lipinski definition) is 10. The van der Waals surface area contributed by atoms with Crippen LogP contribution in [0, 0.1) is 0 Å². The van der Waals surface area contributed by atoms with Crippen LogP contribution in [0.2, 0.25) is 0 Å². The van der Waals surface area contributed by atoms with E-state index in [-0.39, 0.29) is 18.5 Å². The lowest BCUT2D eigenvalue weighted by atomic mass is 9.99. The van der Waals surface area contributed by atoms with Gasteiger partial charge in [0, 0.05) is 12.8 Å². The summed E-state index contributed by atoms with van der Waals surface area (Å²) in [6.45, 7) is 4.34. The van der Waals surface area contributed by atoms with Gasteiger partial charge in [-0.05, 0) is 32.1 Å². The van der Waals surface area contributed by atoms with Gasteiger partial charge in [-0.25, -0.2) is 0 Å². The summed E-state index contributed by atoms with van der Waals surface area (Å²) in [7, 11) is 0. The molecule has 0 bridgehead atoms. The summed E-state index contributed by atoms with van der Waals surface area (Å²) in [5, 5.41) is 54.2. The maximum Gasteiger partial charge on any atom is 0.305 e. The summed E-state index contributed by atoms with van der Waals surface area (Å²) in [5.74, 6) is -0.174. The van der Waals surface area contributed by atoms with Crippen LogP contribution in [0.4, 0.5) is 0 Å². The van der Waals surface area contributed by atoms with Crippen LogP contribution in [0.5, 0.6) is 0 Å². The number of carbonyl (C=O) groups excluding carboxylic acids is 2. The zero-order valence-corrected chi connectivity index (χ0v) is 49.0. The van der Waals surface area contributed by atoms with E-state index in [1.54, 1.807) is 6.08 Å². The molecule has 0 radical (unpaired) electrons. The molecule has 0 aromatic rings. The van der Waals surface area contributed by atoms with Gasteiger partial charge in [-0.15, -0.1) is 0 Å². The average Bonchev–Trinajstić information content (AvgIpc) is 3.41. The zero-order chi connectivity index (χ0) is 54.5. The highest BCUT2D eigenvalue weighted by molar-refractivity contribution is 5.76. The Balaban J connectivity index is 1.95. The molecular formula is C64H123NO10. The fourth-order valence-electron chi connectivity index (χ4n) is 10.5. The molecule has 0 aromatic heterocycles. The SMILES string of the molecule is CCCCCCCCC/C=C/C(O)C(COC1OC(CO)C(O)C(O)C1O)NC(=O)CCCCCCCCCCCCCCCCCCCCCCCCCCOC(=O)CCCCCCCCCCCCCCCC. The zero-order valence-electron chi connectivity index (χ0n) is 49.0. The first-order valence-corrected chi connectivity index (χ1v) is 32.5. The Morgan fingerprint density at radius 3 is 1.24 bits per heavy atom. The van der Waals surface area contributed by atoms with Crippen molar-refractivity contribution in [2.24, 2.45) is 0 Å². The minimum atomic E-state index is -1.57. The minimum Gasteiger partial charge on any atom is -0.466 e. The molecule has 11 heteroatoms. The number of carbonyl (C=O) groups is 2. The number of nitrogens with one attached hydrogen (secondary N) is 1. The third-order valence-corrected chi connectivity index (χ3v) is 15.7. The smallest absolute Gasteiger partial charge is 0.305 e. The lowest BCUT2D eigenvalue weighted by Crippen LogP contribution is -2.60. The molecule has 1 saturated heterocycles. The van der Waals surface area contributed by atoms with Crippen LogP contribution in [0.1, 0.15) is 322 Å². The van der Waals surface area contributed by atoms with Crippen molar-refractivity contribution < 1.29 is 49.3 Å². The predicted molar refractivity (Wildman–Crippen MR) is 311 cm³/mol. The standard InChI is InChI=1S/C64H123NO10/c1-3-5-7-9-11-13-14-15-29-32-36-40-44-48-52-60(69)73-53-49-45-41-37-33-30-27-25-23-21-19-17-16-18-20-22-24-26-28-31-35-39-43-47-51-59(68)65-56(57(67)50-46-42-38-34-12-10-8-6-4-2)55-74-64-63(72)62(71)61(70)58(54-66)75-64/h46,50,56-58,61-64,66-67,70-72H,3-45,47-49,51-55H2,1-2H3,(H,65,68)/b50-46+. The van der Waals surface area contributed by atoms with Gasteiger partial charge < -0.3 is 45.1 Å². The molecule has 6 N–H and O–H groups in total. The van der Waals surface area contributed by atoms with Crippen molar-refractivity contribution in [3.05, 3.63) is 12.2 Å². The molecule has 0 spiro atoms. The maximum absolute atomic E-state index is 13.0. The number of amides is 1. The van der Waals surface area contributed by atoms with Crippen molar-refractivity contribution in [2.75, 3.05) is 19.8 Å². The summed E-state index contributed by atoms with van der Waals surface area (Å²) >= 11 is 0. The van der Waals surface area contributed by atoms with Gasteiger partial charge in [-0.1, -0.05) is 289 Å². The molecule has 75 heavy (non-hydrogen) atoms. The second kappa shape index (κ2) is 54.4. The fraction of sp³-hybridized carbons (Fsp3) is 0.938. The topological polar surface area (TPSA) is 175 Å². The van der Waals surface area contributed by atoms with Gasteiger partial charge in [0.15, 0.2) is 6.29 Å². The van der Waals surface area contributed by atoms with Crippen molar-refractivity contribution >= 4 is 11.9 Å². The Morgan fingerprint density at radius 2 is 0.840 bits per heavy atom. The summed E-state index contributed by atoms with van der Waals surface area (Å²) in [5.41, 5.74) is 0. The van der Waals surface area contributed by atoms with E-state index in [0.29, 0.717) is 19.4 Å². The van der Waals surface area contributed by atoms with Gasteiger partial charge in [0.1, 0.15) is 24.4 Å². The molecule has 1 fully saturated rings. The highest BCUT2D eigenvalue weighted by Gasteiger charge is 2.44. The number of aliphatic hydroxyl groups is 5. The van der Waals surface area contributed by atoms with E-state index in [9.17, 15) is 35.1 Å². The van der Waals surface area contributed by atoms with Crippen molar-refractivity contribution in [3.63, 3.8) is 0 Å². The summed E-state index contributed by atoms with van der Waals surface area (Å²) in [4.78, 5) is 25.1. The van der Waals surface area contributed by atoms with Gasteiger partial charge in [0.05, 0.1) is 32.0 Å². The van der Waals surface area contributed by atoms with E-state index in [1.165, 1.54) is 238 Å². The second-order valence-electron chi connectivity index (χ2n) is 22.8. The van der Waals surface area contributed by atoms with Gasteiger partial charge in [-0.3, -0.25) is 9.59 Å². The van der Waals surface area contributed by atoms with Gasteiger partial charge in [-0.2, -0.15) is 0 Å². The number of esters is 1. The Hall–Kier alpha value is -1.60. The van der Waals surface area contributed by atoms with Crippen molar-refractivity contribution in [1.29, 1.82) is 0 Å². The fourth-order valence-corrected chi connectivity index (χ4v) is 10.5.